The Balaban J connectivity index is 1.53. The molecule has 2 rings (SSSR count). The molecule has 1 saturated heterocycles. The van der Waals surface area contributed by atoms with Crippen LogP contribution in [0.4, 0.5) is 5.69 Å². The highest BCUT2D eigenvalue weighted by molar-refractivity contribution is 5.46. The number of para-hydroxylation sites is 1. The maximum atomic E-state index is 5.47. The monoisotopic (exact) mass is 292 g/mol. The van der Waals surface area contributed by atoms with Crippen molar-refractivity contribution in [1.82, 2.24) is 5.32 Å². The van der Waals surface area contributed by atoms with Crippen molar-refractivity contribution in [3.05, 3.63) is 30.3 Å². The molecule has 0 aliphatic carbocycles. The van der Waals surface area contributed by atoms with Gasteiger partial charge in [-0.3, -0.25) is 0 Å². The second kappa shape index (κ2) is 9.77. The van der Waals surface area contributed by atoms with E-state index in [4.69, 9.17) is 9.47 Å². The number of rotatable bonds is 9. The van der Waals surface area contributed by atoms with Crippen LogP contribution in [0.5, 0.6) is 0 Å². The number of methoxy groups -OCH3 is 1. The molecule has 0 bridgehead atoms. The average molecular weight is 292 g/mol. The van der Waals surface area contributed by atoms with Gasteiger partial charge in [0, 0.05) is 38.5 Å². The minimum atomic E-state index is 0.656. The van der Waals surface area contributed by atoms with E-state index in [2.05, 4.69) is 40.5 Å². The van der Waals surface area contributed by atoms with E-state index in [1.807, 2.05) is 0 Å². The van der Waals surface area contributed by atoms with E-state index in [0.29, 0.717) is 19.3 Å². The van der Waals surface area contributed by atoms with Crippen LogP contribution in [0.1, 0.15) is 19.3 Å². The molecule has 0 radical (unpaired) electrons. The molecule has 4 heteroatoms. The summed E-state index contributed by atoms with van der Waals surface area (Å²) in [6, 6.07) is 11.4. The van der Waals surface area contributed by atoms with Gasteiger partial charge in [-0.15, -0.1) is 0 Å². The van der Waals surface area contributed by atoms with Crippen LogP contribution in [0.2, 0.25) is 0 Å². The van der Waals surface area contributed by atoms with Crippen molar-refractivity contribution in [1.29, 1.82) is 0 Å². The summed E-state index contributed by atoms with van der Waals surface area (Å²) in [6.07, 6.45) is 3.52. The largest absolute Gasteiger partial charge is 0.382 e. The molecule has 1 fully saturated rings. The molecule has 1 N–H and O–H groups in total. The quantitative estimate of drug-likeness (QED) is 0.708. The second-order valence-electron chi connectivity index (χ2n) is 5.51. The van der Waals surface area contributed by atoms with Crippen molar-refractivity contribution in [2.75, 3.05) is 51.5 Å². The van der Waals surface area contributed by atoms with Gasteiger partial charge in [0.25, 0.3) is 0 Å². The van der Waals surface area contributed by atoms with Gasteiger partial charge in [-0.25, -0.2) is 0 Å². The molecule has 4 nitrogen and oxygen atoms in total. The van der Waals surface area contributed by atoms with Crippen molar-refractivity contribution in [2.24, 2.45) is 0 Å². The maximum absolute atomic E-state index is 5.47. The standard InChI is InChI=1S/C17H28N2O2/c1-20-14-15-21-13-5-10-18-16-8-11-19(12-9-16)17-6-3-2-4-7-17/h2-4,6-7,16,18H,5,8-15H2,1H3. The molecule has 1 aromatic rings. The van der Waals surface area contributed by atoms with Gasteiger partial charge >= 0.3 is 0 Å². The Morgan fingerprint density at radius 1 is 1.10 bits per heavy atom. The molecule has 1 aromatic carbocycles. The Morgan fingerprint density at radius 3 is 2.57 bits per heavy atom. The number of piperidine rings is 1. The zero-order valence-corrected chi connectivity index (χ0v) is 13.1. The molecule has 21 heavy (non-hydrogen) atoms. The number of hydrogen-bond acceptors (Lipinski definition) is 4. The molecule has 1 aliphatic heterocycles. The van der Waals surface area contributed by atoms with E-state index in [9.17, 15) is 0 Å². The van der Waals surface area contributed by atoms with E-state index in [1.165, 1.54) is 18.5 Å². The van der Waals surface area contributed by atoms with Crippen LogP contribution in [0, 0.1) is 0 Å². The summed E-state index contributed by atoms with van der Waals surface area (Å²) in [5.74, 6) is 0. The summed E-state index contributed by atoms with van der Waals surface area (Å²) in [7, 11) is 1.70. The van der Waals surface area contributed by atoms with Gasteiger partial charge in [-0.05, 0) is 37.9 Å². The Kier molecular flexibility index (Phi) is 7.57. The van der Waals surface area contributed by atoms with Crippen molar-refractivity contribution >= 4 is 5.69 Å². The lowest BCUT2D eigenvalue weighted by Gasteiger charge is -2.34. The fraction of sp³-hybridized carbons (Fsp3) is 0.647. The fourth-order valence-corrected chi connectivity index (χ4v) is 2.71. The molecule has 0 amide bonds. The SMILES string of the molecule is COCCOCCCNC1CCN(c2ccccc2)CC1. The third-order valence-corrected chi connectivity index (χ3v) is 3.95. The van der Waals surface area contributed by atoms with Gasteiger partial charge in [-0.1, -0.05) is 18.2 Å². The van der Waals surface area contributed by atoms with Gasteiger partial charge in [0.1, 0.15) is 0 Å². The number of hydrogen-bond donors (Lipinski definition) is 1. The van der Waals surface area contributed by atoms with Gasteiger partial charge in [0.2, 0.25) is 0 Å². The fourth-order valence-electron chi connectivity index (χ4n) is 2.71. The number of ether oxygens (including phenoxy) is 2. The molecule has 0 saturated carbocycles. The van der Waals surface area contributed by atoms with Crippen LogP contribution in [0.3, 0.4) is 0 Å². The first-order valence-corrected chi connectivity index (χ1v) is 8.00. The molecule has 1 heterocycles. The summed E-state index contributed by atoms with van der Waals surface area (Å²) in [5, 5.41) is 3.65. The molecule has 0 aromatic heterocycles. The van der Waals surface area contributed by atoms with Crippen LogP contribution in [0.25, 0.3) is 0 Å². The number of benzene rings is 1. The smallest absolute Gasteiger partial charge is 0.0700 e. The van der Waals surface area contributed by atoms with E-state index < -0.39 is 0 Å². The number of nitrogens with one attached hydrogen (secondary N) is 1. The highest BCUT2D eigenvalue weighted by Gasteiger charge is 2.18. The third kappa shape index (κ3) is 6.04. The van der Waals surface area contributed by atoms with Gasteiger partial charge in [0.05, 0.1) is 13.2 Å². The minimum absolute atomic E-state index is 0.656. The van der Waals surface area contributed by atoms with Crippen LogP contribution in [-0.4, -0.2) is 52.6 Å². The maximum Gasteiger partial charge on any atom is 0.0700 e. The third-order valence-electron chi connectivity index (χ3n) is 3.95. The van der Waals surface area contributed by atoms with Crippen LogP contribution < -0.4 is 10.2 Å². The second-order valence-corrected chi connectivity index (χ2v) is 5.51. The van der Waals surface area contributed by atoms with E-state index in [0.717, 1.165) is 32.7 Å². The van der Waals surface area contributed by atoms with Crippen LogP contribution >= 0.6 is 0 Å². The molecular weight excluding hydrogens is 264 g/mol. The molecule has 0 unspecified atom stereocenters. The van der Waals surface area contributed by atoms with Crippen molar-refractivity contribution in [3.8, 4) is 0 Å². The lowest BCUT2D eigenvalue weighted by atomic mass is 10.0. The van der Waals surface area contributed by atoms with Crippen LogP contribution in [0.15, 0.2) is 30.3 Å². The van der Waals surface area contributed by atoms with Gasteiger partial charge < -0.3 is 19.7 Å². The zero-order chi connectivity index (χ0) is 14.8. The zero-order valence-electron chi connectivity index (χ0n) is 13.1. The Bertz CT molecular complexity index is 364. The molecule has 0 spiro atoms. The van der Waals surface area contributed by atoms with Gasteiger partial charge in [0.15, 0.2) is 0 Å². The summed E-state index contributed by atoms with van der Waals surface area (Å²) in [4.78, 5) is 2.48. The summed E-state index contributed by atoms with van der Waals surface area (Å²) in [6.45, 7) is 5.54. The highest BCUT2D eigenvalue weighted by atomic mass is 16.5. The molecule has 118 valence electrons. The van der Waals surface area contributed by atoms with Crippen molar-refractivity contribution < 1.29 is 9.47 Å². The first-order valence-electron chi connectivity index (χ1n) is 8.00. The Hall–Kier alpha value is -1.10. The Morgan fingerprint density at radius 2 is 1.86 bits per heavy atom. The predicted octanol–water partition coefficient (Wildman–Crippen LogP) is 2.30. The minimum Gasteiger partial charge on any atom is -0.382 e. The number of anilines is 1. The lowest BCUT2D eigenvalue weighted by Crippen LogP contribution is -2.43. The van der Waals surface area contributed by atoms with E-state index >= 15 is 0 Å². The number of nitrogens with zero attached hydrogens (tertiary/aromatic N) is 1. The molecular formula is C17H28N2O2. The summed E-state index contributed by atoms with van der Waals surface area (Å²) >= 11 is 0. The summed E-state index contributed by atoms with van der Waals surface area (Å²) in [5.41, 5.74) is 1.35. The topological polar surface area (TPSA) is 33.7 Å². The summed E-state index contributed by atoms with van der Waals surface area (Å²) < 4.78 is 10.4. The van der Waals surface area contributed by atoms with Crippen LogP contribution in [-0.2, 0) is 9.47 Å². The first kappa shape index (κ1) is 16.3. The Labute approximate surface area is 128 Å². The van der Waals surface area contributed by atoms with Gasteiger partial charge in [-0.2, -0.15) is 0 Å². The van der Waals surface area contributed by atoms with E-state index in [1.54, 1.807) is 7.11 Å². The normalized spacial score (nSPS) is 16.3. The molecule has 1 aliphatic rings. The first-order chi connectivity index (χ1) is 10.4. The highest BCUT2D eigenvalue weighted by Crippen LogP contribution is 2.19. The van der Waals surface area contributed by atoms with E-state index in [-0.39, 0.29) is 0 Å². The predicted molar refractivity (Wildman–Crippen MR) is 87.0 cm³/mol. The van der Waals surface area contributed by atoms with Crippen molar-refractivity contribution in [3.63, 3.8) is 0 Å². The lowest BCUT2D eigenvalue weighted by molar-refractivity contribution is 0.0691. The molecule has 0 atom stereocenters. The average Bonchev–Trinajstić information content (AvgIpc) is 2.55. The van der Waals surface area contributed by atoms with Crippen molar-refractivity contribution in [2.45, 2.75) is 25.3 Å².